The molecule has 10 heteroatoms. The van der Waals surface area contributed by atoms with Crippen molar-refractivity contribution < 1.29 is 19.0 Å². The molecule has 10 nitrogen and oxygen atoms in total. The Morgan fingerprint density at radius 1 is 0.870 bits per heavy atom. The predicted octanol–water partition coefficient (Wildman–Crippen LogP) is 5.82. The highest BCUT2D eigenvalue weighted by Gasteiger charge is 2.23. The Balaban J connectivity index is 1.20. The number of carbonyl (C=O) groups is 1. The molecule has 3 aromatic carbocycles. The van der Waals surface area contributed by atoms with Gasteiger partial charge in [-0.3, -0.25) is 15.1 Å². The third-order valence-electron chi connectivity index (χ3n) is 8.70. The number of aromatic nitrogens is 2. The van der Waals surface area contributed by atoms with Crippen molar-refractivity contribution in [1.29, 1.82) is 0 Å². The molecule has 2 N–H and O–H groups in total. The van der Waals surface area contributed by atoms with Crippen LogP contribution in [0.2, 0.25) is 0 Å². The molecule has 4 aromatic rings. The number of urea groups is 1. The molecule has 0 spiro atoms. The molecule has 0 atom stereocenters. The lowest BCUT2D eigenvalue weighted by Gasteiger charge is -2.27. The molecular weight excluding hydrogens is 580 g/mol. The molecule has 0 bridgehead atoms. The van der Waals surface area contributed by atoms with E-state index in [-0.39, 0.29) is 11.4 Å². The van der Waals surface area contributed by atoms with Gasteiger partial charge in [0, 0.05) is 61.5 Å². The van der Waals surface area contributed by atoms with E-state index >= 15 is 0 Å². The fourth-order valence-corrected chi connectivity index (χ4v) is 5.88. The lowest BCUT2D eigenvalue weighted by Crippen LogP contribution is -2.38. The standard InChI is InChI=1S/C36H46N6O4/c1-26-9-10-28(23-27(26)25-41-15-20-45-21-16-41)42-34(24-33(39-42)36(2,3)4)38-35(43)37-31-11-12-32(30-8-6-5-7-29(30)31)46-22-17-40-13-18-44-19-14-40/h5-12,23-24H,13-22,25H2,1-4H3,(H2,37,38,43). The van der Waals surface area contributed by atoms with Crippen LogP contribution in [0.1, 0.15) is 37.6 Å². The minimum atomic E-state index is -0.339. The molecule has 2 fully saturated rings. The summed E-state index contributed by atoms with van der Waals surface area (Å²) in [6.07, 6.45) is 0. The zero-order valence-electron chi connectivity index (χ0n) is 27.5. The van der Waals surface area contributed by atoms with Crippen molar-refractivity contribution in [3.05, 3.63) is 77.5 Å². The minimum absolute atomic E-state index is 0.201. The van der Waals surface area contributed by atoms with Crippen LogP contribution < -0.4 is 15.4 Å². The van der Waals surface area contributed by atoms with Crippen LogP contribution in [0.3, 0.4) is 0 Å². The Bertz CT molecular complexity index is 1650. The van der Waals surface area contributed by atoms with Crippen LogP contribution in [0.4, 0.5) is 16.3 Å². The minimum Gasteiger partial charge on any atom is -0.492 e. The van der Waals surface area contributed by atoms with Crippen molar-refractivity contribution in [3.8, 4) is 11.4 Å². The average Bonchev–Trinajstić information content (AvgIpc) is 3.48. The number of benzene rings is 3. The first-order valence-corrected chi connectivity index (χ1v) is 16.3. The number of anilines is 2. The number of nitrogens with one attached hydrogen (secondary N) is 2. The fraction of sp³-hybridized carbons (Fsp3) is 0.444. The number of nitrogens with zero attached hydrogens (tertiary/aromatic N) is 4. The van der Waals surface area contributed by atoms with Gasteiger partial charge in [0.05, 0.1) is 43.5 Å². The zero-order valence-corrected chi connectivity index (χ0v) is 27.5. The number of fused-ring (bicyclic) bond motifs is 1. The Hall–Kier alpha value is -3.96. The number of hydrogen-bond acceptors (Lipinski definition) is 7. The van der Waals surface area contributed by atoms with Crippen LogP contribution in [0.15, 0.2) is 60.7 Å². The second-order valence-electron chi connectivity index (χ2n) is 13.1. The van der Waals surface area contributed by atoms with E-state index in [1.54, 1.807) is 0 Å². The van der Waals surface area contributed by atoms with Crippen molar-refractivity contribution in [3.63, 3.8) is 0 Å². The fourth-order valence-electron chi connectivity index (χ4n) is 5.88. The summed E-state index contributed by atoms with van der Waals surface area (Å²) in [4.78, 5) is 18.3. The van der Waals surface area contributed by atoms with Crippen LogP contribution in [0, 0.1) is 6.92 Å². The summed E-state index contributed by atoms with van der Waals surface area (Å²) in [5.74, 6) is 1.41. The van der Waals surface area contributed by atoms with Gasteiger partial charge in [0.2, 0.25) is 0 Å². The van der Waals surface area contributed by atoms with E-state index in [0.29, 0.717) is 18.1 Å². The van der Waals surface area contributed by atoms with Crippen molar-refractivity contribution in [2.24, 2.45) is 0 Å². The van der Waals surface area contributed by atoms with E-state index in [9.17, 15) is 4.79 Å². The summed E-state index contributed by atoms with van der Waals surface area (Å²) >= 11 is 0. The topological polar surface area (TPSA) is 93.1 Å². The smallest absolute Gasteiger partial charge is 0.324 e. The SMILES string of the molecule is Cc1ccc(-n2nc(C(C)(C)C)cc2NC(=O)Nc2ccc(OCCN3CCOCC3)c3ccccc23)cc1CN1CCOCC1. The highest BCUT2D eigenvalue weighted by molar-refractivity contribution is 6.07. The summed E-state index contributed by atoms with van der Waals surface area (Å²) in [6.45, 7) is 17.5. The van der Waals surface area contributed by atoms with Crippen LogP contribution in [0.5, 0.6) is 5.75 Å². The molecule has 3 heterocycles. The van der Waals surface area contributed by atoms with Gasteiger partial charge in [0.15, 0.2) is 0 Å². The lowest BCUT2D eigenvalue weighted by molar-refractivity contribution is 0.0323. The van der Waals surface area contributed by atoms with Gasteiger partial charge < -0.3 is 19.5 Å². The second-order valence-corrected chi connectivity index (χ2v) is 13.1. The molecule has 2 aliphatic heterocycles. The number of morpholine rings is 2. The monoisotopic (exact) mass is 626 g/mol. The summed E-state index contributed by atoms with van der Waals surface area (Å²) in [6, 6.07) is 19.8. The summed E-state index contributed by atoms with van der Waals surface area (Å²) < 4.78 is 19.0. The second kappa shape index (κ2) is 14.2. The van der Waals surface area contributed by atoms with E-state index in [0.717, 1.165) is 93.6 Å². The molecule has 2 saturated heterocycles. The number of amides is 2. The van der Waals surface area contributed by atoms with Gasteiger partial charge in [-0.2, -0.15) is 5.10 Å². The Labute approximate surface area is 271 Å². The van der Waals surface area contributed by atoms with Gasteiger partial charge in [-0.15, -0.1) is 0 Å². The molecule has 46 heavy (non-hydrogen) atoms. The largest absolute Gasteiger partial charge is 0.492 e. The molecule has 0 radical (unpaired) electrons. The number of aryl methyl sites for hydroxylation is 1. The Morgan fingerprint density at radius 3 is 2.28 bits per heavy atom. The van der Waals surface area contributed by atoms with Gasteiger partial charge in [-0.25, -0.2) is 9.48 Å². The summed E-state index contributed by atoms with van der Waals surface area (Å²) in [7, 11) is 0. The van der Waals surface area contributed by atoms with E-state index < -0.39 is 0 Å². The lowest BCUT2D eigenvalue weighted by atomic mass is 9.92. The zero-order chi connectivity index (χ0) is 32.1. The van der Waals surface area contributed by atoms with Crippen LogP contribution >= 0.6 is 0 Å². The molecule has 1 aromatic heterocycles. The quantitative estimate of drug-likeness (QED) is 0.242. The Morgan fingerprint density at radius 2 is 1.57 bits per heavy atom. The van der Waals surface area contributed by atoms with Gasteiger partial charge >= 0.3 is 6.03 Å². The van der Waals surface area contributed by atoms with E-state index in [1.807, 2.05) is 47.1 Å². The first kappa shape index (κ1) is 32.0. The van der Waals surface area contributed by atoms with Gasteiger partial charge in [-0.1, -0.05) is 51.1 Å². The molecule has 6 rings (SSSR count). The maximum atomic E-state index is 13.6. The molecule has 0 saturated carbocycles. The normalized spacial score (nSPS) is 16.4. The number of hydrogen-bond donors (Lipinski definition) is 2. The average molecular weight is 627 g/mol. The van der Waals surface area contributed by atoms with Crippen molar-refractivity contribution in [2.45, 2.75) is 39.7 Å². The molecule has 0 unspecified atom stereocenters. The first-order valence-electron chi connectivity index (χ1n) is 16.3. The summed E-state index contributed by atoms with van der Waals surface area (Å²) in [5, 5.41) is 13.0. The predicted molar refractivity (Wildman–Crippen MR) is 182 cm³/mol. The van der Waals surface area contributed by atoms with Crippen molar-refractivity contribution in [2.75, 3.05) is 76.4 Å². The molecular formula is C36H46N6O4. The third kappa shape index (κ3) is 7.70. The highest BCUT2D eigenvalue weighted by Crippen LogP contribution is 2.32. The van der Waals surface area contributed by atoms with Gasteiger partial charge in [-0.05, 0) is 42.3 Å². The van der Waals surface area contributed by atoms with Crippen LogP contribution in [0.25, 0.3) is 16.5 Å². The van der Waals surface area contributed by atoms with Gasteiger partial charge in [0.1, 0.15) is 18.2 Å². The molecule has 2 amide bonds. The van der Waals surface area contributed by atoms with E-state index in [1.165, 1.54) is 11.1 Å². The van der Waals surface area contributed by atoms with E-state index in [4.69, 9.17) is 19.3 Å². The highest BCUT2D eigenvalue weighted by atomic mass is 16.5. The third-order valence-corrected chi connectivity index (χ3v) is 8.70. The molecule has 0 aliphatic carbocycles. The first-order chi connectivity index (χ1) is 22.2. The molecule has 2 aliphatic rings. The Kier molecular flexibility index (Phi) is 9.89. The van der Waals surface area contributed by atoms with Gasteiger partial charge in [0.25, 0.3) is 0 Å². The van der Waals surface area contributed by atoms with Crippen molar-refractivity contribution in [1.82, 2.24) is 19.6 Å². The maximum absolute atomic E-state index is 13.6. The number of carbonyl (C=O) groups excluding carboxylic acids is 1. The summed E-state index contributed by atoms with van der Waals surface area (Å²) in [5.41, 5.74) is 4.77. The van der Waals surface area contributed by atoms with E-state index in [2.05, 4.69) is 66.3 Å². The maximum Gasteiger partial charge on any atom is 0.324 e. The van der Waals surface area contributed by atoms with Crippen LogP contribution in [-0.4, -0.2) is 91.4 Å². The molecule has 244 valence electrons. The number of ether oxygens (including phenoxy) is 3. The van der Waals surface area contributed by atoms with Crippen molar-refractivity contribution >= 4 is 28.3 Å². The van der Waals surface area contributed by atoms with Crippen LogP contribution in [-0.2, 0) is 21.4 Å². The number of rotatable bonds is 9.